The van der Waals surface area contributed by atoms with Crippen molar-refractivity contribution in [3.8, 4) is 11.1 Å². The summed E-state index contributed by atoms with van der Waals surface area (Å²) in [6.45, 7) is 4.40. The molecule has 170 valence electrons. The summed E-state index contributed by atoms with van der Waals surface area (Å²) in [7, 11) is 0. The summed E-state index contributed by atoms with van der Waals surface area (Å²) in [6.07, 6.45) is 10.6. The van der Waals surface area contributed by atoms with E-state index in [4.69, 9.17) is 0 Å². The molecule has 32 heavy (non-hydrogen) atoms. The minimum Gasteiger partial charge on any atom is -0.203 e. The highest BCUT2D eigenvalue weighted by Crippen LogP contribution is 2.28. The van der Waals surface area contributed by atoms with Crippen LogP contribution in [-0.4, -0.2) is 0 Å². The Morgan fingerprint density at radius 2 is 1.00 bits per heavy atom. The number of benzene rings is 3. The molecule has 2 heteroatoms. The molecule has 0 fully saturated rings. The first-order valence-electron chi connectivity index (χ1n) is 12.3. The summed E-state index contributed by atoms with van der Waals surface area (Å²) in [6, 6.07) is 19.9. The van der Waals surface area contributed by atoms with Crippen LogP contribution in [0.25, 0.3) is 11.1 Å². The lowest BCUT2D eigenvalue weighted by Crippen LogP contribution is -2.00. The van der Waals surface area contributed by atoms with Gasteiger partial charge in [-0.25, -0.2) is 8.78 Å². The summed E-state index contributed by atoms with van der Waals surface area (Å²) in [4.78, 5) is 0. The average Bonchev–Trinajstić information content (AvgIpc) is 2.82. The van der Waals surface area contributed by atoms with Gasteiger partial charge in [-0.05, 0) is 66.3 Å². The van der Waals surface area contributed by atoms with Crippen LogP contribution in [0.3, 0.4) is 0 Å². The van der Waals surface area contributed by atoms with Gasteiger partial charge in [-0.3, -0.25) is 0 Å². The van der Waals surface area contributed by atoms with Crippen molar-refractivity contribution in [2.45, 2.75) is 78.1 Å². The van der Waals surface area contributed by atoms with Crippen molar-refractivity contribution in [2.75, 3.05) is 0 Å². The second kappa shape index (κ2) is 12.5. The minimum absolute atomic E-state index is 0.336. The van der Waals surface area contributed by atoms with Gasteiger partial charge in [0.25, 0.3) is 0 Å². The molecule has 0 saturated carbocycles. The number of hydrogen-bond acceptors (Lipinski definition) is 0. The normalized spacial score (nSPS) is 11.1. The summed E-state index contributed by atoms with van der Waals surface area (Å²) in [5, 5.41) is 0. The second-order valence-corrected chi connectivity index (χ2v) is 8.83. The standard InChI is InChI=1S/C30H36F2/c1-3-5-7-9-23-11-13-25(14-12-23)17-20-27-21-22-28(30(32)29(27)31)26-18-15-24(16-19-26)10-8-6-4-2/h11-16,18-19,21-22H,3-10,17,20H2,1-2H3. The van der Waals surface area contributed by atoms with E-state index in [1.54, 1.807) is 12.1 Å². The van der Waals surface area contributed by atoms with Crippen molar-refractivity contribution in [1.82, 2.24) is 0 Å². The molecule has 0 aliphatic heterocycles. The van der Waals surface area contributed by atoms with Crippen LogP contribution < -0.4 is 0 Å². The zero-order valence-electron chi connectivity index (χ0n) is 19.6. The smallest absolute Gasteiger partial charge is 0.166 e. The average molecular weight is 435 g/mol. The van der Waals surface area contributed by atoms with Crippen molar-refractivity contribution in [3.05, 3.63) is 94.6 Å². The Labute approximate surface area is 192 Å². The first kappa shape index (κ1) is 24.2. The number of hydrogen-bond donors (Lipinski definition) is 0. The fourth-order valence-electron chi connectivity index (χ4n) is 4.17. The number of unbranched alkanes of at least 4 members (excludes halogenated alkanes) is 4. The Balaban J connectivity index is 1.62. The van der Waals surface area contributed by atoms with Crippen molar-refractivity contribution in [2.24, 2.45) is 0 Å². The Bertz CT molecular complexity index is 955. The molecule has 0 aromatic heterocycles. The quantitative estimate of drug-likeness (QED) is 0.250. The highest BCUT2D eigenvalue weighted by Gasteiger charge is 2.15. The number of aryl methyl sites for hydroxylation is 4. The topological polar surface area (TPSA) is 0 Å². The molecular weight excluding hydrogens is 398 g/mol. The van der Waals surface area contributed by atoms with Crippen molar-refractivity contribution >= 4 is 0 Å². The monoisotopic (exact) mass is 434 g/mol. The lowest BCUT2D eigenvalue weighted by atomic mass is 9.97. The number of halogens is 2. The second-order valence-electron chi connectivity index (χ2n) is 8.83. The van der Waals surface area contributed by atoms with E-state index in [2.05, 4.69) is 38.1 Å². The summed E-state index contributed by atoms with van der Waals surface area (Å²) >= 11 is 0. The zero-order chi connectivity index (χ0) is 22.8. The van der Waals surface area contributed by atoms with Gasteiger partial charge in [0.05, 0.1) is 0 Å². The molecule has 0 saturated heterocycles. The Morgan fingerprint density at radius 1 is 0.500 bits per heavy atom. The van der Waals surface area contributed by atoms with Crippen LogP contribution >= 0.6 is 0 Å². The Kier molecular flexibility index (Phi) is 9.46. The predicted molar refractivity (Wildman–Crippen MR) is 132 cm³/mol. The van der Waals surface area contributed by atoms with Crippen LogP contribution in [0.15, 0.2) is 60.7 Å². The maximum atomic E-state index is 14.8. The van der Waals surface area contributed by atoms with Gasteiger partial charge in [0.2, 0.25) is 0 Å². The number of rotatable bonds is 12. The van der Waals surface area contributed by atoms with Gasteiger partial charge in [0.15, 0.2) is 11.6 Å². The van der Waals surface area contributed by atoms with E-state index in [9.17, 15) is 8.78 Å². The lowest BCUT2D eigenvalue weighted by Gasteiger charge is -2.10. The van der Waals surface area contributed by atoms with Gasteiger partial charge in [-0.15, -0.1) is 0 Å². The van der Waals surface area contributed by atoms with Crippen LogP contribution in [0.4, 0.5) is 8.78 Å². The molecule has 0 spiro atoms. The summed E-state index contributed by atoms with van der Waals surface area (Å²) in [5.41, 5.74) is 5.26. The molecule has 0 aliphatic rings. The van der Waals surface area contributed by atoms with Crippen LogP contribution in [0.5, 0.6) is 0 Å². The molecule has 0 N–H and O–H groups in total. The van der Waals surface area contributed by atoms with E-state index in [1.165, 1.54) is 43.2 Å². The van der Waals surface area contributed by atoms with E-state index >= 15 is 0 Å². The van der Waals surface area contributed by atoms with E-state index in [0.717, 1.165) is 30.4 Å². The first-order valence-corrected chi connectivity index (χ1v) is 12.3. The third kappa shape index (κ3) is 6.76. The predicted octanol–water partition coefficient (Wildman–Crippen LogP) is 8.88. The van der Waals surface area contributed by atoms with Crippen LogP contribution in [0.1, 0.15) is 74.6 Å². The van der Waals surface area contributed by atoms with Gasteiger partial charge in [0, 0.05) is 5.56 Å². The molecule has 3 aromatic rings. The highest BCUT2D eigenvalue weighted by atomic mass is 19.2. The zero-order valence-corrected chi connectivity index (χ0v) is 19.6. The molecule has 0 heterocycles. The lowest BCUT2D eigenvalue weighted by molar-refractivity contribution is 0.501. The minimum atomic E-state index is -0.743. The molecule has 0 radical (unpaired) electrons. The van der Waals surface area contributed by atoms with Gasteiger partial charge < -0.3 is 0 Å². The van der Waals surface area contributed by atoms with Crippen LogP contribution in [0.2, 0.25) is 0 Å². The van der Waals surface area contributed by atoms with Crippen LogP contribution in [-0.2, 0) is 25.7 Å². The van der Waals surface area contributed by atoms with E-state index in [-0.39, 0.29) is 0 Å². The fourth-order valence-corrected chi connectivity index (χ4v) is 4.17. The summed E-state index contributed by atoms with van der Waals surface area (Å²) < 4.78 is 29.6. The van der Waals surface area contributed by atoms with E-state index in [0.29, 0.717) is 24.0 Å². The molecule has 0 bridgehead atoms. The largest absolute Gasteiger partial charge is 0.203 e. The van der Waals surface area contributed by atoms with E-state index in [1.807, 2.05) is 24.3 Å². The molecule has 3 rings (SSSR count). The molecule has 0 amide bonds. The highest BCUT2D eigenvalue weighted by molar-refractivity contribution is 5.65. The Hall–Kier alpha value is -2.48. The molecular formula is C30H36F2. The summed E-state index contributed by atoms with van der Waals surface area (Å²) in [5.74, 6) is -1.46. The van der Waals surface area contributed by atoms with Gasteiger partial charge >= 0.3 is 0 Å². The first-order chi connectivity index (χ1) is 15.6. The maximum Gasteiger partial charge on any atom is 0.166 e. The van der Waals surface area contributed by atoms with Crippen molar-refractivity contribution in [1.29, 1.82) is 0 Å². The SMILES string of the molecule is CCCCCc1ccc(CCc2ccc(-c3ccc(CCCCC)cc3)c(F)c2F)cc1. The molecule has 0 unspecified atom stereocenters. The molecule has 3 aromatic carbocycles. The van der Waals surface area contributed by atoms with Crippen molar-refractivity contribution in [3.63, 3.8) is 0 Å². The third-order valence-electron chi connectivity index (χ3n) is 6.27. The molecule has 0 nitrogen and oxygen atoms in total. The van der Waals surface area contributed by atoms with Gasteiger partial charge in [-0.2, -0.15) is 0 Å². The fraction of sp³-hybridized carbons (Fsp3) is 0.400. The van der Waals surface area contributed by atoms with E-state index < -0.39 is 11.6 Å². The third-order valence-corrected chi connectivity index (χ3v) is 6.27. The molecule has 0 atom stereocenters. The molecule has 0 aliphatic carbocycles. The van der Waals surface area contributed by atoms with Gasteiger partial charge in [0.1, 0.15) is 0 Å². The van der Waals surface area contributed by atoms with Gasteiger partial charge in [-0.1, -0.05) is 100 Å². The van der Waals surface area contributed by atoms with Crippen molar-refractivity contribution < 1.29 is 8.78 Å². The Morgan fingerprint density at radius 3 is 1.53 bits per heavy atom. The van der Waals surface area contributed by atoms with Crippen LogP contribution in [0, 0.1) is 11.6 Å². The maximum absolute atomic E-state index is 14.8.